The molecule has 1 aromatic rings. The highest BCUT2D eigenvalue weighted by atomic mass is 32.2. The second-order valence-corrected chi connectivity index (χ2v) is 8.30. The molecule has 136 valence electrons. The Kier molecular flexibility index (Phi) is 6.58. The summed E-state index contributed by atoms with van der Waals surface area (Å²) < 4.78 is 63.9. The topological polar surface area (TPSA) is 40.6 Å². The fraction of sp³-hybridized carbons (Fsp3) is 0.600. The predicted octanol–water partition coefficient (Wildman–Crippen LogP) is 2.47. The molecule has 1 aromatic carbocycles. The number of hydrogen-bond donors (Lipinski definition) is 1. The minimum atomic E-state index is -4.35. The third-order valence-corrected chi connectivity index (χ3v) is 6.22. The van der Waals surface area contributed by atoms with E-state index >= 15 is 0 Å². The van der Waals surface area contributed by atoms with Crippen molar-refractivity contribution < 1.29 is 21.6 Å². The van der Waals surface area contributed by atoms with Crippen LogP contribution in [-0.2, 0) is 22.7 Å². The normalized spacial score (nSPS) is 18.0. The van der Waals surface area contributed by atoms with Crippen LogP contribution in [0.1, 0.15) is 17.5 Å². The first kappa shape index (κ1) is 19.6. The van der Waals surface area contributed by atoms with Gasteiger partial charge in [0.1, 0.15) is 0 Å². The summed E-state index contributed by atoms with van der Waals surface area (Å²) in [6.45, 7) is 2.14. The van der Waals surface area contributed by atoms with E-state index in [9.17, 15) is 21.6 Å². The van der Waals surface area contributed by atoms with E-state index in [-0.39, 0.29) is 5.75 Å². The molecule has 0 saturated carbocycles. The highest BCUT2D eigenvalue weighted by molar-refractivity contribution is 7.89. The zero-order chi connectivity index (χ0) is 17.8. The molecule has 2 rings (SSSR count). The highest BCUT2D eigenvalue weighted by Gasteiger charge is 2.31. The maximum Gasteiger partial charge on any atom is 0.416 e. The van der Waals surface area contributed by atoms with Crippen molar-refractivity contribution in [1.29, 1.82) is 0 Å². The van der Waals surface area contributed by atoms with Gasteiger partial charge in [-0.1, -0.05) is 18.2 Å². The van der Waals surface area contributed by atoms with Crippen molar-refractivity contribution >= 4 is 22.7 Å². The van der Waals surface area contributed by atoms with Gasteiger partial charge in [0.15, 0.2) is 0 Å². The number of piperazine rings is 1. The summed E-state index contributed by atoms with van der Waals surface area (Å²) in [5.41, 5.74) is -0.0795. The van der Waals surface area contributed by atoms with E-state index in [1.54, 1.807) is 6.07 Å². The smallest absolute Gasteiger partial charge is 0.296 e. The van der Waals surface area contributed by atoms with Crippen LogP contribution in [0.3, 0.4) is 0 Å². The maximum absolute atomic E-state index is 12.7. The van der Waals surface area contributed by atoms with Crippen molar-refractivity contribution in [1.82, 2.24) is 9.21 Å². The van der Waals surface area contributed by atoms with Crippen LogP contribution < -0.4 is 0 Å². The van der Waals surface area contributed by atoms with Crippen LogP contribution in [0.15, 0.2) is 24.3 Å². The molecule has 1 aliphatic rings. The van der Waals surface area contributed by atoms with Gasteiger partial charge in [0.2, 0.25) is 10.0 Å². The number of hydrogen-bond acceptors (Lipinski definition) is 4. The van der Waals surface area contributed by atoms with E-state index in [2.05, 4.69) is 12.6 Å². The van der Waals surface area contributed by atoms with Crippen molar-refractivity contribution in [3.63, 3.8) is 0 Å². The maximum atomic E-state index is 12.7. The van der Waals surface area contributed by atoms with Gasteiger partial charge in [-0.25, -0.2) is 8.42 Å². The Labute approximate surface area is 146 Å². The number of nitrogens with zero attached hydrogens (tertiary/aromatic N) is 2. The molecule has 0 radical (unpaired) electrons. The molecule has 0 bridgehead atoms. The van der Waals surface area contributed by atoms with Crippen LogP contribution in [0.5, 0.6) is 0 Å². The van der Waals surface area contributed by atoms with E-state index in [0.717, 1.165) is 12.1 Å². The van der Waals surface area contributed by atoms with Crippen LogP contribution in [0.4, 0.5) is 13.2 Å². The van der Waals surface area contributed by atoms with E-state index in [1.165, 1.54) is 10.4 Å². The third kappa shape index (κ3) is 5.37. The quantitative estimate of drug-likeness (QED) is 0.769. The summed E-state index contributed by atoms with van der Waals surface area (Å²) in [7, 11) is -3.26. The summed E-state index contributed by atoms with van der Waals surface area (Å²) in [6.07, 6.45) is -3.84. The number of halogens is 3. The number of thiol groups is 1. The molecule has 9 heteroatoms. The Morgan fingerprint density at radius 2 is 1.79 bits per heavy atom. The van der Waals surface area contributed by atoms with Gasteiger partial charge < -0.3 is 0 Å². The lowest BCUT2D eigenvalue weighted by Crippen LogP contribution is -2.48. The van der Waals surface area contributed by atoms with Crippen molar-refractivity contribution in [2.45, 2.75) is 19.1 Å². The molecule has 1 heterocycles. The highest BCUT2D eigenvalue weighted by Crippen LogP contribution is 2.29. The molecule has 24 heavy (non-hydrogen) atoms. The molecule has 1 aliphatic heterocycles. The Bertz CT molecular complexity index is 642. The first-order chi connectivity index (χ1) is 11.2. The number of benzene rings is 1. The van der Waals surface area contributed by atoms with Crippen LogP contribution in [-0.4, -0.2) is 55.3 Å². The second-order valence-electron chi connectivity index (χ2n) is 5.77. The lowest BCUT2D eigenvalue weighted by molar-refractivity contribution is -0.137. The minimum absolute atomic E-state index is 0.0874. The fourth-order valence-electron chi connectivity index (χ4n) is 2.65. The van der Waals surface area contributed by atoms with Crippen molar-refractivity contribution in [3.8, 4) is 0 Å². The molecule has 0 aliphatic carbocycles. The van der Waals surface area contributed by atoms with Gasteiger partial charge in [0.25, 0.3) is 0 Å². The molecule has 0 N–H and O–H groups in total. The van der Waals surface area contributed by atoms with Crippen LogP contribution in [0.2, 0.25) is 0 Å². The van der Waals surface area contributed by atoms with Crippen LogP contribution in [0.25, 0.3) is 0 Å². The molecule has 0 unspecified atom stereocenters. The van der Waals surface area contributed by atoms with Gasteiger partial charge in [0.05, 0.1) is 11.3 Å². The Morgan fingerprint density at radius 3 is 2.38 bits per heavy atom. The van der Waals surface area contributed by atoms with Crippen molar-refractivity contribution in [2.75, 3.05) is 37.7 Å². The van der Waals surface area contributed by atoms with E-state index in [4.69, 9.17) is 0 Å². The van der Waals surface area contributed by atoms with Crippen LogP contribution in [0, 0.1) is 0 Å². The molecule has 4 nitrogen and oxygen atoms in total. The summed E-state index contributed by atoms with van der Waals surface area (Å²) in [4.78, 5) is 1.97. The van der Waals surface area contributed by atoms with E-state index in [1.807, 2.05) is 4.90 Å². The molecule has 0 spiro atoms. The molecule has 1 saturated heterocycles. The van der Waals surface area contributed by atoms with Gasteiger partial charge in [-0.15, -0.1) is 0 Å². The fourth-order valence-corrected chi connectivity index (χ4v) is 4.51. The number of alkyl halides is 3. The zero-order valence-electron chi connectivity index (χ0n) is 13.2. The average Bonchev–Trinajstić information content (AvgIpc) is 2.53. The Morgan fingerprint density at radius 1 is 1.12 bits per heavy atom. The Balaban J connectivity index is 1.92. The van der Waals surface area contributed by atoms with Gasteiger partial charge >= 0.3 is 6.18 Å². The summed E-state index contributed by atoms with van der Waals surface area (Å²) >= 11 is 4.02. The molecular weight excluding hydrogens is 361 g/mol. The van der Waals surface area contributed by atoms with Crippen LogP contribution >= 0.6 is 12.6 Å². The van der Waals surface area contributed by atoms with Gasteiger partial charge in [-0.05, 0) is 23.8 Å². The molecular formula is C15H21F3N2O2S2. The molecule has 1 fully saturated rings. The van der Waals surface area contributed by atoms with E-state index in [0.29, 0.717) is 50.5 Å². The first-order valence-electron chi connectivity index (χ1n) is 7.69. The van der Waals surface area contributed by atoms with Gasteiger partial charge in [-0.3, -0.25) is 4.90 Å². The van der Waals surface area contributed by atoms with Crippen molar-refractivity contribution in [3.05, 3.63) is 35.4 Å². The number of sulfonamides is 1. The zero-order valence-corrected chi connectivity index (χ0v) is 14.9. The number of rotatable bonds is 6. The summed E-state index contributed by atoms with van der Waals surface area (Å²) in [6, 6.07) is 5.26. The summed E-state index contributed by atoms with van der Waals surface area (Å²) in [5, 5.41) is 0. The lowest BCUT2D eigenvalue weighted by atomic mass is 10.1. The molecule has 0 atom stereocenters. The predicted molar refractivity (Wildman–Crippen MR) is 90.6 cm³/mol. The SMILES string of the molecule is O=S(=O)(CCCS)N1CCN(Cc2cccc(C(F)(F)F)c2)CC1. The largest absolute Gasteiger partial charge is 0.416 e. The van der Waals surface area contributed by atoms with Gasteiger partial charge in [0, 0.05) is 32.7 Å². The van der Waals surface area contributed by atoms with E-state index < -0.39 is 21.8 Å². The first-order valence-corrected chi connectivity index (χ1v) is 9.94. The third-order valence-electron chi connectivity index (χ3n) is 3.95. The monoisotopic (exact) mass is 382 g/mol. The molecule has 0 amide bonds. The second kappa shape index (κ2) is 8.07. The minimum Gasteiger partial charge on any atom is -0.296 e. The van der Waals surface area contributed by atoms with Gasteiger partial charge in [-0.2, -0.15) is 30.1 Å². The standard InChI is InChI=1S/C15H21F3N2O2S2/c16-15(17,18)14-4-1-3-13(11-14)12-19-5-7-20(8-6-19)24(21,22)10-2-9-23/h1,3-4,11,23H,2,5-10,12H2. The molecule has 0 aromatic heterocycles. The van der Waals surface area contributed by atoms with Crippen molar-refractivity contribution in [2.24, 2.45) is 0 Å². The lowest BCUT2D eigenvalue weighted by Gasteiger charge is -2.34. The Hall–Kier alpha value is -0.770. The summed E-state index contributed by atoms with van der Waals surface area (Å²) in [5.74, 6) is 0.610. The average molecular weight is 382 g/mol.